The minimum atomic E-state index is 0.199. The van der Waals surface area contributed by atoms with Crippen LogP contribution < -0.4 is 10.6 Å². The van der Waals surface area contributed by atoms with E-state index < -0.39 is 0 Å². The third-order valence-corrected chi connectivity index (χ3v) is 5.27. The number of rotatable bonds is 7. The van der Waals surface area contributed by atoms with Crippen molar-refractivity contribution in [3.63, 3.8) is 0 Å². The van der Waals surface area contributed by atoms with Crippen LogP contribution in [0.1, 0.15) is 20.8 Å². The molecule has 0 saturated heterocycles. The lowest BCUT2D eigenvalue weighted by atomic mass is 9.85. The van der Waals surface area contributed by atoms with E-state index >= 15 is 0 Å². The molecule has 0 aromatic rings. The smallest absolute Gasteiger partial charge is 0.0304 e. The van der Waals surface area contributed by atoms with E-state index in [1.807, 2.05) is 12.2 Å². The van der Waals surface area contributed by atoms with E-state index in [1.165, 1.54) is 0 Å². The molecule has 0 fully saturated rings. The summed E-state index contributed by atoms with van der Waals surface area (Å²) in [6, 6.07) is 0. The molecule has 0 bridgehead atoms. The lowest BCUT2D eigenvalue weighted by Gasteiger charge is -2.43. The Morgan fingerprint density at radius 1 is 1.13 bits per heavy atom. The Bertz CT molecular complexity index is 208. The molecule has 0 amide bonds. The molecule has 0 aromatic heterocycles. The number of hydrogen-bond donors (Lipinski definition) is 2. The number of nitrogens with one attached hydrogen (secondary N) is 2. The SMILES string of the molecule is C=CCNCC([SiH3])(NCC=C)C(C)(C)C. The minimum Gasteiger partial charge on any atom is -0.312 e. The van der Waals surface area contributed by atoms with Gasteiger partial charge in [-0.15, -0.1) is 13.2 Å². The molecule has 2 N–H and O–H groups in total. The molecule has 0 aromatic carbocycles. The lowest BCUT2D eigenvalue weighted by molar-refractivity contribution is 0.225. The summed E-state index contributed by atoms with van der Waals surface area (Å²) in [6.45, 7) is 17.1. The second kappa shape index (κ2) is 6.25. The molecule has 0 saturated carbocycles. The van der Waals surface area contributed by atoms with Crippen molar-refractivity contribution in [2.45, 2.75) is 25.9 Å². The summed E-state index contributed by atoms with van der Waals surface area (Å²) in [5, 5.41) is 7.20. The first-order chi connectivity index (χ1) is 6.87. The Morgan fingerprint density at radius 2 is 1.67 bits per heavy atom. The van der Waals surface area contributed by atoms with Gasteiger partial charge in [-0.05, 0) is 5.41 Å². The van der Waals surface area contributed by atoms with Crippen molar-refractivity contribution in [1.82, 2.24) is 10.6 Å². The van der Waals surface area contributed by atoms with Crippen molar-refractivity contribution in [2.75, 3.05) is 19.6 Å². The van der Waals surface area contributed by atoms with Crippen LogP contribution in [0, 0.1) is 5.41 Å². The van der Waals surface area contributed by atoms with Gasteiger partial charge in [-0.25, -0.2) is 0 Å². The summed E-state index contributed by atoms with van der Waals surface area (Å²) in [5.41, 5.74) is 0.260. The average molecular weight is 226 g/mol. The van der Waals surface area contributed by atoms with Gasteiger partial charge >= 0.3 is 0 Å². The number of hydrogen-bond acceptors (Lipinski definition) is 2. The van der Waals surface area contributed by atoms with Crippen LogP contribution in [-0.2, 0) is 0 Å². The molecule has 1 atom stereocenters. The van der Waals surface area contributed by atoms with Gasteiger partial charge in [0.2, 0.25) is 0 Å². The van der Waals surface area contributed by atoms with E-state index in [2.05, 4.69) is 44.6 Å². The van der Waals surface area contributed by atoms with Crippen LogP contribution in [-0.4, -0.2) is 35.0 Å². The highest BCUT2D eigenvalue weighted by molar-refractivity contribution is 6.16. The Morgan fingerprint density at radius 3 is 2.07 bits per heavy atom. The summed E-state index contributed by atoms with van der Waals surface area (Å²) in [4.78, 5) is 0. The average Bonchev–Trinajstić information content (AvgIpc) is 2.13. The van der Waals surface area contributed by atoms with E-state index in [9.17, 15) is 0 Å². The van der Waals surface area contributed by atoms with Gasteiger partial charge in [0.05, 0.1) is 0 Å². The van der Waals surface area contributed by atoms with Gasteiger partial charge in [0.15, 0.2) is 0 Å². The first-order valence-electron chi connectivity index (χ1n) is 5.55. The molecule has 0 rings (SSSR count). The largest absolute Gasteiger partial charge is 0.312 e. The zero-order valence-corrected chi connectivity index (χ0v) is 12.7. The molecule has 0 spiro atoms. The van der Waals surface area contributed by atoms with Crippen LogP contribution in [0.3, 0.4) is 0 Å². The first-order valence-corrected chi connectivity index (χ1v) is 6.55. The first kappa shape index (κ1) is 14.6. The molecular formula is C12H26N2Si. The maximum atomic E-state index is 3.76. The second-order valence-electron chi connectivity index (χ2n) is 5.17. The molecule has 0 aliphatic heterocycles. The monoisotopic (exact) mass is 226 g/mol. The molecule has 0 radical (unpaired) electrons. The van der Waals surface area contributed by atoms with Crippen molar-refractivity contribution in [1.29, 1.82) is 0 Å². The van der Waals surface area contributed by atoms with Crippen molar-refractivity contribution in [3.8, 4) is 0 Å². The molecule has 0 aliphatic rings. The van der Waals surface area contributed by atoms with Crippen LogP contribution >= 0.6 is 0 Å². The molecule has 0 aliphatic carbocycles. The zero-order chi connectivity index (χ0) is 11.9. The summed E-state index contributed by atoms with van der Waals surface area (Å²) in [5.74, 6) is 0. The Balaban J connectivity index is 4.40. The lowest BCUT2D eigenvalue weighted by Crippen LogP contribution is -2.61. The van der Waals surface area contributed by atoms with Gasteiger partial charge in [0.25, 0.3) is 0 Å². The van der Waals surface area contributed by atoms with E-state index in [4.69, 9.17) is 0 Å². The minimum absolute atomic E-state index is 0.199. The van der Waals surface area contributed by atoms with Crippen LogP contribution in [0.4, 0.5) is 0 Å². The van der Waals surface area contributed by atoms with Gasteiger partial charge in [0.1, 0.15) is 0 Å². The molecule has 3 heteroatoms. The fourth-order valence-corrected chi connectivity index (χ4v) is 1.77. The summed E-state index contributed by atoms with van der Waals surface area (Å²) in [6.07, 6.45) is 3.82. The maximum Gasteiger partial charge on any atom is 0.0304 e. The summed E-state index contributed by atoms with van der Waals surface area (Å²) < 4.78 is 0. The highest BCUT2D eigenvalue weighted by Crippen LogP contribution is 2.26. The molecule has 15 heavy (non-hydrogen) atoms. The Kier molecular flexibility index (Phi) is 6.09. The van der Waals surface area contributed by atoms with Crippen molar-refractivity contribution >= 4 is 10.2 Å². The third kappa shape index (κ3) is 4.78. The van der Waals surface area contributed by atoms with Gasteiger partial charge in [-0.1, -0.05) is 32.9 Å². The highest BCUT2D eigenvalue weighted by atomic mass is 28.1. The van der Waals surface area contributed by atoms with Gasteiger partial charge < -0.3 is 10.6 Å². The molecule has 88 valence electrons. The van der Waals surface area contributed by atoms with Crippen LogP contribution in [0.25, 0.3) is 0 Å². The van der Waals surface area contributed by atoms with Crippen LogP contribution in [0.2, 0.25) is 0 Å². The van der Waals surface area contributed by atoms with E-state index in [1.54, 1.807) is 0 Å². The molecular weight excluding hydrogens is 200 g/mol. The summed E-state index contributed by atoms with van der Waals surface area (Å²) >= 11 is 0. The second-order valence-corrected chi connectivity index (χ2v) is 6.88. The Labute approximate surface area is 97.6 Å². The van der Waals surface area contributed by atoms with Crippen molar-refractivity contribution in [3.05, 3.63) is 25.3 Å². The fraction of sp³-hybridized carbons (Fsp3) is 0.667. The van der Waals surface area contributed by atoms with E-state index in [-0.39, 0.29) is 10.6 Å². The zero-order valence-electron chi connectivity index (χ0n) is 10.7. The quantitative estimate of drug-likeness (QED) is 0.378. The summed E-state index contributed by atoms with van der Waals surface area (Å²) in [7, 11) is 1.10. The fourth-order valence-electron chi connectivity index (χ4n) is 1.31. The van der Waals surface area contributed by atoms with Crippen LogP contribution in [0.5, 0.6) is 0 Å². The van der Waals surface area contributed by atoms with Gasteiger partial charge in [-0.3, -0.25) is 0 Å². The third-order valence-electron chi connectivity index (χ3n) is 3.06. The van der Waals surface area contributed by atoms with E-state index in [0.717, 1.165) is 29.9 Å². The van der Waals surface area contributed by atoms with Gasteiger partial charge in [0, 0.05) is 35.0 Å². The predicted octanol–water partition coefficient (Wildman–Crippen LogP) is 0.645. The Hall–Kier alpha value is -0.383. The highest BCUT2D eigenvalue weighted by Gasteiger charge is 2.35. The van der Waals surface area contributed by atoms with Crippen LogP contribution in [0.15, 0.2) is 25.3 Å². The molecule has 2 nitrogen and oxygen atoms in total. The van der Waals surface area contributed by atoms with Gasteiger partial charge in [-0.2, -0.15) is 0 Å². The van der Waals surface area contributed by atoms with E-state index in [0.29, 0.717) is 0 Å². The maximum absolute atomic E-state index is 3.76. The predicted molar refractivity (Wildman–Crippen MR) is 73.4 cm³/mol. The normalized spacial score (nSPS) is 15.9. The molecule has 1 unspecified atom stereocenters. The van der Waals surface area contributed by atoms with Crippen molar-refractivity contribution < 1.29 is 0 Å². The topological polar surface area (TPSA) is 24.1 Å². The standard InChI is InChI=1S/C12H26N2Si/c1-6-8-13-10-12(15,11(3,4)5)14-9-7-2/h6-7,13-14H,1-2,8-10H2,3-5,15H3. The van der Waals surface area contributed by atoms with Crippen molar-refractivity contribution in [2.24, 2.45) is 5.41 Å². The molecule has 0 heterocycles.